The molecule has 0 radical (unpaired) electrons. The quantitative estimate of drug-likeness (QED) is 0.753. The van der Waals surface area contributed by atoms with Gasteiger partial charge in [0, 0.05) is 18.1 Å². The normalized spacial score (nSPS) is 19.1. The highest BCUT2D eigenvalue weighted by Crippen LogP contribution is 2.24. The SMILES string of the molecule is N=c1sccn1CC1CCCCC1. The first-order valence-corrected chi connectivity index (χ1v) is 5.93. The van der Waals surface area contributed by atoms with E-state index in [2.05, 4.69) is 4.57 Å². The van der Waals surface area contributed by atoms with Crippen molar-refractivity contribution in [1.29, 1.82) is 5.41 Å². The Bertz CT molecular complexity index is 307. The fraction of sp³-hybridized carbons (Fsp3) is 0.700. The van der Waals surface area contributed by atoms with E-state index in [4.69, 9.17) is 5.41 Å². The second kappa shape index (κ2) is 4.09. The molecule has 3 heteroatoms. The molecule has 1 aliphatic carbocycles. The minimum atomic E-state index is 0.700. The maximum Gasteiger partial charge on any atom is 0.181 e. The first-order chi connectivity index (χ1) is 6.36. The average molecular weight is 196 g/mol. The Morgan fingerprint density at radius 1 is 1.38 bits per heavy atom. The third kappa shape index (κ3) is 2.21. The highest BCUT2D eigenvalue weighted by atomic mass is 32.1. The van der Waals surface area contributed by atoms with Crippen LogP contribution in [0.15, 0.2) is 11.6 Å². The van der Waals surface area contributed by atoms with Crippen LogP contribution < -0.4 is 4.80 Å². The number of aromatic nitrogens is 1. The Morgan fingerprint density at radius 3 is 2.77 bits per heavy atom. The predicted octanol–water partition coefficient (Wildman–Crippen LogP) is 2.61. The third-order valence-electron chi connectivity index (χ3n) is 2.86. The fourth-order valence-electron chi connectivity index (χ4n) is 2.10. The summed E-state index contributed by atoms with van der Waals surface area (Å²) < 4.78 is 2.08. The summed E-state index contributed by atoms with van der Waals surface area (Å²) in [6, 6.07) is 0. The van der Waals surface area contributed by atoms with Crippen molar-refractivity contribution in [3.8, 4) is 0 Å². The average Bonchev–Trinajstić information content (AvgIpc) is 2.54. The molecule has 1 N–H and O–H groups in total. The van der Waals surface area contributed by atoms with Crippen LogP contribution in [0.2, 0.25) is 0 Å². The van der Waals surface area contributed by atoms with Crippen LogP contribution in [0, 0.1) is 11.3 Å². The molecule has 1 aliphatic rings. The standard InChI is InChI=1S/C10H16N2S/c11-10-12(6-7-13-10)8-9-4-2-1-3-5-9/h6-7,9,11H,1-5,8H2. The van der Waals surface area contributed by atoms with Gasteiger partial charge in [-0.05, 0) is 18.8 Å². The lowest BCUT2D eigenvalue weighted by Crippen LogP contribution is -2.20. The largest absolute Gasteiger partial charge is 0.324 e. The summed E-state index contributed by atoms with van der Waals surface area (Å²) in [5, 5.41) is 9.66. The summed E-state index contributed by atoms with van der Waals surface area (Å²) in [7, 11) is 0. The lowest BCUT2D eigenvalue weighted by atomic mass is 9.89. The van der Waals surface area contributed by atoms with E-state index in [1.54, 1.807) is 0 Å². The van der Waals surface area contributed by atoms with Gasteiger partial charge >= 0.3 is 0 Å². The van der Waals surface area contributed by atoms with Crippen LogP contribution in [0.5, 0.6) is 0 Å². The van der Waals surface area contributed by atoms with Crippen molar-refractivity contribution in [1.82, 2.24) is 4.57 Å². The number of nitrogens with one attached hydrogen (secondary N) is 1. The molecule has 0 aliphatic heterocycles. The van der Waals surface area contributed by atoms with Gasteiger partial charge in [-0.15, -0.1) is 11.3 Å². The Balaban J connectivity index is 1.97. The van der Waals surface area contributed by atoms with Crippen LogP contribution in [-0.2, 0) is 6.54 Å². The lowest BCUT2D eigenvalue weighted by molar-refractivity contribution is 0.316. The van der Waals surface area contributed by atoms with E-state index in [9.17, 15) is 0 Å². The fourth-order valence-corrected chi connectivity index (χ4v) is 2.70. The van der Waals surface area contributed by atoms with Crippen molar-refractivity contribution in [2.75, 3.05) is 0 Å². The predicted molar refractivity (Wildman–Crippen MR) is 54.7 cm³/mol. The van der Waals surface area contributed by atoms with E-state index >= 15 is 0 Å². The monoisotopic (exact) mass is 196 g/mol. The van der Waals surface area contributed by atoms with Gasteiger partial charge in [-0.1, -0.05) is 19.3 Å². The van der Waals surface area contributed by atoms with Crippen molar-refractivity contribution in [3.63, 3.8) is 0 Å². The van der Waals surface area contributed by atoms with Crippen LogP contribution in [0.4, 0.5) is 0 Å². The molecule has 0 amide bonds. The maximum absolute atomic E-state index is 7.65. The molecule has 0 aromatic carbocycles. The molecule has 0 bridgehead atoms. The van der Waals surface area contributed by atoms with E-state index < -0.39 is 0 Å². The molecule has 0 atom stereocenters. The summed E-state index contributed by atoms with van der Waals surface area (Å²) in [5.41, 5.74) is 0. The molecule has 2 rings (SSSR count). The van der Waals surface area contributed by atoms with Crippen LogP contribution in [0.1, 0.15) is 32.1 Å². The van der Waals surface area contributed by atoms with Crippen molar-refractivity contribution in [2.45, 2.75) is 38.6 Å². The number of thiazole rings is 1. The van der Waals surface area contributed by atoms with Gasteiger partial charge in [0.25, 0.3) is 0 Å². The van der Waals surface area contributed by atoms with Crippen LogP contribution in [0.3, 0.4) is 0 Å². The maximum atomic E-state index is 7.65. The molecule has 13 heavy (non-hydrogen) atoms. The third-order valence-corrected chi connectivity index (χ3v) is 3.58. The lowest BCUT2D eigenvalue weighted by Gasteiger charge is -2.21. The topological polar surface area (TPSA) is 28.8 Å². The zero-order chi connectivity index (χ0) is 9.10. The van der Waals surface area contributed by atoms with E-state index in [1.165, 1.54) is 43.4 Å². The number of hydrogen-bond donors (Lipinski definition) is 1. The molecule has 1 heterocycles. The molecule has 2 nitrogen and oxygen atoms in total. The number of nitrogens with zero attached hydrogens (tertiary/aromatic N) is 1. The molecule has 0 spiro atoms. The Morgan fingerprint density at radius 2 is 2.15 bits per heavy atom. The summed E-state index contributed by atoms with van der Waals surface area (Å²) in [5.74, 6) is 0.831. The van der Waals surface area contributed by atoms with Gasteiger partial charge in [-0.3, -0.25) is 5.41 Å². The second-order valence-corrected chi connectivity index (χ2v) is 4.76. The van der Waals surface area contributed by atoms with Crippen LogP contribution in [-0.4, -0.2) is 4.57 Å². The van der Waals surface area contributed by atoms with Gasteiger partial charge in [-0.2, -0.15) is 0 Å². The van der Waals surface area contributed by atoms with Crippen molar-refractivity contribution in [2.24, 2.45) is 5.92 Å². The van der Waals surface area contributed by atoms with E-state index in [0.717, 1.165) is 12.5 Å². The van der Waals surface area contributed by atoms with Gasteiger partial charge in [0.05, 0.1) is 0 Å². The molecule has 72 valence electrons. The van der Waals surface area contributed by atoms with Gasteiger partial charge in [0.2, 0.25) is 0 Å². The summed E-state index contributed by atoms with van der Waals surface area (Å²) in [6.45, 7) is 1.07. The molecule has 0 saturated heterocycles. The molecule has 1 fully saturated rings. The van der Waals surface area contributed by atoms with Gasteiger partial charge < -0.3 is 4.57 Å². The molecule has 1 saturated carbocycles. The molecule has 1 aromatic heterocycles. The minimum Gasteiger partial charge on any atom is -0.324 e. The van der Waals surface area contributed by atoms with Crippen LogP contribution >= 0.6 is 11.3 Å². The van der Waals surface area contributed by atoms with Gasteiger partial charge in [0.1, 0.15) is 0 Å². The first kappa shape index (κ1) is 9.00. The molecule has 1 aromatic rings. The van der Waals surface area contributed by atoms with Crippen molar-refractivity contribution >= 4 is 11.3 Å². The Kier molecular flexibility index (Phi) is 2.83. The van der Waals surface area contributed by atoms with Gasteiger partial charge in [0.15, 0.2) is 4.80 Å². The summed E-state index contributed by atoms with van der Waals surface area (Å²) in [4.78, 5) is 0.700. The first-order valence-electron chi connectivity index (χ1n) is 5.05. The highest BCUT2D eigenvalue weighted by molar-refractivity contribution is 7.06. The number of hydrogen-bond acceptors (Lipinski definition) is 2. The smallest absolute Gasteiger partial charge is 0.181 e. The Hall–Kier alpha value is -0.570. The van der Waals surface area contributed by atoms with E-state index in [1.807, 2.05) is 11.6 Å². The van der Waals surface area contributed by atoms with Crippen LogP contribution in [0.25, 0.3) is 0 Å². The number of rotatable bonds is 2. The van der Waals surface area contributed by atoms with Crippen molar-refractivity contribution < 1.29 is 0 Å². The van der Waals surface area contributed by atoms with E-state index in [0.29, 0.717) is 4.80 Å². The minimum absolute atomic E-state index is 0.700. The van der Waals surface area contributed by atoms with Crippen molar-refractivity contribution in [3.05, 3.63) is 16.4 Å². The zero-order valence-corrected chi connectivity index (χ0v) is 8.65. The molecular formula is C10H16N2S. The van der Waals surface area contributed by atoms with E-state index in [-0.39, 0.29) is 0 Å². The zero-order valence-electron chi connectivity index (χ0n) is 7.83. The Labute approximate surface area is 82.7 Å². The summed E-state index contributed by atoms with van der Waals surface area (Å²) >= 11 is 1.52. The second-order valence-electron chi connectivity index (χ2n) is 3.86. The molecular weight excluding hydrogens is 180 g/mol. The highest BCUT2D eigenvalue weighted by Gasteiger charge is 2.13. The van der Waals surface area contributed by atoms with Gasteiger partial charge in [-0.25, -0.2) is 0 Å². The molecule has 0 unspecified atom stereocenters. The summed E-state index contributed by atoms with van der Waals surface area (Å²) in [6.07, 6.45) is 8.97.